The van der Waals surface area contributed by atoms with Crippen molar-refractivity contribution in [2.24, 2.45) is 0 Å². The van der Waals surface area contributed by atoms with E-state index in [2.05, 4.69) is 103 Å². The van der Waals surface area contributed by atoms with Gasteiger partial charge in [-0.2, -0.15) is 0 Å². The van der Waals surface area contributed by atoms with E-state index >= 15 is 0 Å². The third-order valence-corrected chi connectivity index (χ3v) is 9.65. The van der Waals surface area contributed by atoms with Crippen LogP contribution in [0.25, 0.3) is 0 Å². The Morgan fingerprint density at radius 1 is 0.517 bits per heavy atom. The second kappa shape index (κ2) is 11.6. The van der Waals surface area contributed by atoms with Gasteiger partial charge < -0.3 is 0 Å². The summed E-state index contributed by atoms with van der Waals surface area (Å²) in [5, 5.41) is 4.34. The Morgan fingerprint density at radius 2 is 0.897 bits per heavy atom. The maximum absolute atomic E-state index is 3.82. The zero-order chi connectivity index (χ0) is 20.2. The molecule has 150 valence electrons. The summed E-state index contributed by atoms with van der Waals surface area (Å²) in [6, 6.07) is 33.4. The molecule has 1 heteroatoms. The van der Waals surface area contributed by atoms with Crippen molar-refractivity contribution < 1.29 is 0 Å². The van der Waals surface area contributed by atoms with Gasteiger partial charge in [0.1, 0.15) is 0 Å². The van der Waals surface area contributed by atoms with Gasteiger partial charge in [0.15, 0.2) is 0 Å². The van der Waals surface area contributed by atoms with E-state index in [-0.39, 0.29) is 0 Å². The summed E-state index contributed by atoms with van der Waals surface area (Å²) < 4.78 is 0. The largest absolute Gasteiger partial charge is 0.103 e. The van der Waals surface area contributed by atoms with Crippen LogP contribution in [0.5, 0.6) is 0 Å². The van der Waals surface area contributed by atoms with Gasteiger partial charge in [-0.25, -0.2) is 0 Å². The van der Waals surface area contributed by atoms with Crippen LogP contribution in [0.2, 0.25) is 0 Å². The molecular weight excluding hydrogens is 367 g/mol. The van der Waals surface area contributed by atoms with E-state index in [1.165, 1.54) is 48.0 Å². The van der Waals surface area contributed by atoms with Crippen molar-refractivity contribution in [3.63, 3.8) is 0 Å². The van der Waals surface area contributed by atoms with E-state index < -0.39 is 6.89 Å². The first-order valence-corrected chi connectivity index (χ1v) is 12.7. The second-order valence-electron chi connectivity index (χ2n) is 7.55. The molecule has 0 heterocycles. The zero-order valence-corrected chi connectivity index (χ0v) is 18.3. The number of hydrogen-bond acceptors (Lipinski definition) is 0. The Morgan fingerprint density at radius 3 is 1.31 bits per heavy atom. The van der Waals surface area contributed by atoms with E-state index in [1.54, 1.807) is 0 Å². The SMILES string of the molecule is C=CCCCCCCCC=P(c1ccccc1)(c1ccccc1)c1ccccc1. The predicted molar refractivity (Wildman–Crippen MR) is 134 cm³/mol. The van der Waals surface area contributed by atoms with Gasteiger partial charge in [-0.15, -0.1) is 6.58 Å². The zero-order valence-electron chi connectivity index (χ0n) is 17.4. The minimum Gasteiger partial charge on any atom is -0.103 e. The molecule has 0 nitrogen and oxygen atoms in total. The van der Waals surface area contributed by atoms with Crippen molar-refractivity contribution in [3.05, 3.63) is 104 Å². The molecule has 0 N–H and O–H groups in total. The Kier molecular flexibility index (Phi) is 8.59. The van der Waals surface area contributed by atoms with Crippen LogP contribution >= 0.6 is 6.89 Å². The third kappa shape index (κ3) is 5.62. The van der Waals surface area contributed by atoms with Gasteiger partial charge in [0.05, 0.1) is 0 Å². The van der Waals surface area contributed by atoms with Crippen molar-refractivity contribution in [1.29, 1.82) is 0 Å². The average molecular weight is 401 g/mol. The predicted octanol–water partition coefficient (Wildman–Crippen LogP) is 6.70. The van der Waals surface area contributed by atoms with Crippen LogP contribution < -0.4 is 15.9 Å². The first-order valence-electron chi connectivity index (χ1n) is 10.9. The van der Waals surface area contributed by atoms with Gasteiger partial charge >= 0.3 is 0 Å². The lowest BCUT2D eigenvalue weighted by Crippen LogP contribution is -2.26. The fourth-order valence-electron chi connectivity index (χ4n) is 4.00. The highest BCUT2D eigenvalue weighted by Crippen LogP contribution is 2.44. The van der Waals surface area contributed by atoms with Gasteiger partial charge in [0.2, 0.25) is 0 Å². The molecule has 0 aliphatic heterocycles. The lowest BCUT2D eigenvalue weighted by atomic mass is 10.1. The Hall–Kier alpha value is -2.30. The lowest BCUT2D eigenvalue weighted by molar-refractivity contribution is 0.629. The normalized spacial score (nSPS) is 11.2. The van der Waals surface area contributed by atoms with Crippen molar-refractivity contribution >= 4 is 28.6 Å². The van der Waals surface area contributed by atoms with Crippen molar-refractivity contribution in [3.8, 4) is 0 Å². The molecule has 0 amide bonds. The molecule has 0 saturated carbocycles. The number of allylic oxidation sites excluding steroid dienone is 1. The van der Waals surface area contributed by atoms with E-state index in [0.29, 0.717) is 0 Å². The van der Waals surface area contributed by atoms with E-state index in [1.807, 2.05) is 6.08 Å². The van der Waals surface area contributed by atoms with Gasteiger partial charge in [-0.05, 0) is 48.5 Å². The van der Waals surface area contributed by atoms with Gasteiger partial charge in [-0.1, -0.05) is 122 Å². The topological polar surface area (TPSA) is 0 Å². The molecule has 0 atom stereocenters. The maximum atomic E-state index is 3.82. The van der Waals surface area contributed by atoms with E-state index in [4.69, 9.17) is 0 Å². The average Bonchev–Trinajstić information content (AvgIpc) is 2.80. The molecule has 0 bridgehead atoms. The summed E-state index contributed by atoms with van der Waals surface area (Å²) in [6.45, 7) is 2.06. The quantitative estimate of drug-likeness (QED) is 0.191. The van der Waals surface area contributed by atoms with Crippen molar-refractivity contribution in [2.45, 2.75) is 44.9 Å². The molecule has 0 radical (unpaired) electrons. The minimum atomic E-state index is -1.76. The molecule has 0 saturated heterocycles. The molecule has 0 aromatic heterocycles. The molecule has 0 aliphatic carbocycles. The molecule has 0 aliphatic rings. The summed E-state index contributed by atoms with van der Waals surface area (Å²) in [7, 11) is 0. The molecule has 0 spiro atoms. The third-order valence-electron chi connectivity index (χ3n) is 5.51. The van der Waals surface area contributed by atoms with Gasteiger partial charge in [0.25, 0.3) is 0 Å². The monoisotopic (exact) mass is 400 g/mol. The molecule has 3 aromatic carbocycles. The smallest absolute Gasteiger partial charge is 0.0163 e. The summed E-state index contributed by atoms with van der Waals surface area (Å²) in [5.74, 6) is 2.66. The van der Waals surface area contributed by atoms with E-state index in [0.717, 1.165) is 12.8 Å². The molecule has 0 unspecified atom stereocenters. The van der Waals surface area contributed by atoms with Crippen LogP contribution in [-0.4, -0.2) is 5.80 Å². The lowest BCUT2D eigenvalue weighted by Gasteiger charge is -2.29. The summed E-state index contributed by atoms with van der Waals surface area (Å²) in [6.07, 6.45) is 10.9. The molecule has 3 aromatic rings. The van der Waals surface area contributed by atoms with Crippen molar-refractivity contribution in [1.82, 2.24) is 0 Å². The van der Waals surface area contributed by atoms with Gasteiger partial charge in [-0.3, -0.25) is 0 Å². The Balaban J connectivity index is 1.94. The van der Waals surface area contributed by atoms with Gasteiger partial charge in [0, 0.05) is 0 Å². The van der Waals surface area contributed by atoms with Crippen molar-refractivity contribution in [2.75, 3.05) is 0 Å². The molecule has 29 heavy (non-hydrogen) atoms. The highest BCUT2D eigenvalue weighted by molar-refractivity contribution is 7.94. The molecule has 0 fully saturated rings. The standard InChI is InChI=1S/C28H33P/c1-2-3-4-5-6-7-8-18-25-29(26-19-12-9-13-20-26,27-21-14-10-15-22-27)28-23-16-11-17-24-28/h2,9-17,19-25H,1,3-8,18H2. The number of unbranched alkanes of at least 4 members (excludes halogenated alkanes) is 6. The fourth-order valence-corrected chi connectivity index (χ4v) is 8.03. The van der Waals surface area contributed by atoms with Crippen LogP contribution in [0.1, 0.15) is 44.9 Å². The van der Waals surface area contributed by atoms with Crippen LogP contribution in [-0.2, 0) is 0 Å². The summed E-state index contributed by atoms with van der Waals surface area (Å²) in [4.78, 5) is 0. The Labute approximate surface area is 177 Å². The van der Waals surface area contributed by atoms with Crippen LogP contribution in [0, 0.1) is 0 Å². The number of hydrogen-bond donors (Lipinski definition) is 0. The first-order chi connectivity index (χ1) is 14.4. The van der Waals surface area contributed by atoms with Crippen LogP contribution in [0.4, 0.5) is 0 Å². The number of rotatable bonds is 11. The first kappa shape index (κ1) is 21.4. The number of benzene rings is 3. The van der Waals surface area contributed by atoms with Crippen LogP contribution in [0.15, 0.2) is 104 Å². The minimum absolute atomic E-state index is 1.15. The summed E-state index contributed by atoms with van der Waals surface area (Å²) in [5.41, 5.74) is 0. The molecular formula is C28H33P. The highest BCUT2D eigenvalue weighted by atomic mass is 31.2. The Bertz CT molecular complexity index is 791. The van der Waals surface area contributed by atoms with Crippen LogP contribution in [0.3, 0.4) is 0 Å². The summed E-state index contributed by atoms with van der Waals surface area (Å²) >= 11 is 0. The second-order valence-corrected chi connectivity index (χ2v) is 10.9. The fraction of sp³-hybridized carbons (Fsp3) is 0.250. The van der Waals surface area contributed by atoms with E-state index in [9.17, 15) is 0 Å². The maximum Gasteiger partial charge on any atom is -0.0163 e. The highest BCUT2D eigenvalue weighted by Gasteiger charge is 2.24. The molecule has 3 rings (SSSR count).